The molecular weight excluding hydrogens is 270 g/mol. The van der Waals surface area contributed by atoms with E-state index in [0.29, 0.717) is 18.1 Å². The van der Waals surface area contributed by atoms with Crippen molar-refractivity contribution in [3.8, 4) is 0 Å². The molecule has 0 aliphatic carbocycles. The lowest BCUT2D eigenvalue weighted by Crippen LogP contribution is -2.26. The fourth-order valence-corrected chi connectivity index (χ4v) is 1.69. The molecule has 1 aromatic carbocycles. The Hall–Kier alpha value is -0.870. The van der Waals surface area contributed by atoms with Crippen molar-refractivity contribution in [3.63, 3.8) is 0 Å². The van der Waals surface area contributed by atoms with Gasteiger partial charge >= 0.3 is 0 Å². The van der Waals surface area contributed by atoms with Crippen molar-refractivity contribution in [2.24, 2.45) is 5.92 Å². The molecular formula is C12H16BrNO2. The van der Waals surface area contributed by atoms with E-state index in [9.17, 15) is 4.79 Å². The van der Waals surface area contributed by atoms with Gasteiger partial charge in [-0.05, 0) is 36.6 Å². The van der Waals surface area contributed by atoms with Gasteiger partial charge in [-0.15, -0.1) is 0 Å². The molecule has 16 heavy (non-hydrogen) atoms. The van der Waals surface area contributed by atoms with Gasteiger partial charge in [-0.3, -0.25) is 9.63 Å². The molecule has 88 valence electrons. The molecule has 1 rings (SSSR count). The van der Waals surface area contributed by atoms with Crippen LogP contribution in [0.3, 0.4) is 0 Å². The van der Waals surface area contributed by atoms with Crippen LogP contribution < -0.4 is 5.48 Å². The molecule has 0 aliphatic heterocycles. The summed E-state index contributed by atoms with van der Waals surface area (Å²) < 4.78 is 0.963. The molecule has 1 N–H and O–H groups in total. The third-order valence-corrected chi connectivity index (χ3v) is 2.51. The van der Waals surface area contributed by atoms with E-state index in [2.05, 4.69) is 21.4 Å². The summed E-state index contributed by atoms with van der Waals surface area (Å²) in [5, 5.41) is 0. The number of carbonyl (C=O) groups excluding carboxylic acids is 1. The van der Waals surface area contributed by atoms with Crippen LogP contribution in [0.15, 0.2) is 22.7 Å². The second-order valence-electron chi connectivity index (χ2n) is 4.10. The van der Waals surface area contributed by atoms with Gasteiger partial charge in [0, 0.05) is 10.0 Å². The first-order valence-corrected chi connectivity index (χ1v) is 5.98. The molecule has 0 unspecified atom stereocenters. The average molecular weight is 286 g/mol. The highest BCUT2D eigenvalue weighted by Gasteiger charge is 2.09. The number of hydroxylamine groups is 1. The van der Waals surface area contributed by atoms with Crippen LogP contribution in [-0.2, 0) is 4.84 Å². The van der Waals surface area contributed by atoms with Crippen molar-refractivity contribution in [2.45, 2.75) is 20.8 Å². The monoisotopic (exact) mass is 285 g/mol. The predicted molar refractivity (Wildman–Crippen MR) is 67.1 cm³/mol. The smallest absolute Gasteiger partial charge is 0.273 e. The van der Waals surface area contributed by atoms with Gasteiger partial charge < -0.3 is 0 Å². The van der Waals surface area contributed by atoms with Crippen LogP contribution in [0.5, 0.6) is 0 Å². The van der Waals surface area contributed by atoms with Crippen molar-refractivity contribution in [3.05, 3.63) is 33.8 Å². The summed E-state index contributed by atoms with van der Waals surface area (Å²) in [5.41, 5.74) is 3.98. The highest BCUT2D eigenvalue weighted by molar-refractivity contribution is 9.10. The Bertz CT molecular complexity index is 377. The number of halogens is 1. The normalized spacial score (nSPS) is 10.6. The first-order chi connectivity index (χ1) is 7.50. The minimum Gasteiger partial charge on any atom is -0.273 e. The molecule has 0 bridgehead atoms. The summed E-state index contributed by atoms with van der Waals surface area (Å²) in [5.74, 6) is 0.192. The quantitative estimate of drug-likeness (QED) is 0.864. The number of aryl methyl sites for hydroxylation is 1. The number of carbonyl (C=O) groups is 1. The summed E-state index contributed by atoms with van der Waals surface area (Å²) in [6.07, 6.45) is 0. The maximum absolute atomic E-state index is 11.7. The average Bonchev–Trinajstić information content (AvgIpc) is 2.16. The SMILES string of the molecule is Cc1cc(Br)ccc1C(=O)NOCC(C)C. The van der Waals surface area contributed by atoms with Crippen LogP contribution in [0.1, 0.15) is 29.8 Å². The summed E-state index contributed by atoms with van der Waals surface area (Å²) in [6.45, 7) is 6.46. The summed E-state index contributed by atoms with van der Waals surface area (Å²) >= 11 is 3.35. The molecule has 0 fully saturated rings. The number of amides is 1. The Balaban J connectivity index is 2.59. The molecule has 1 amide bonds. The third-order valence-electron chi connectivity index (χ3n) is 2.01. The molecule has 3 nitrogen and oxygen atoms in total. The van der Waals surface area contributed by atoms with Crippen LogP contribution in [0.25, 0.3) is 0 Å². The second-order valence-corrected chi connectivity index (χ2v) is 5.01. The zero-order chi connectivity index (χ0) is 12.1. The first kappa shape index (κ1) is 13.2. The fraction of sp³-hybridized carbons (Fsp3) is 0.417. The van der Waals surface area contributed by atoms with Gasteiger partial charge in [-0.2, -0.15) is 0 Å². The van der Waals surface area contributed by atoms with E-state index in [4.69, 9.17) is 4.84 Å². The molecule has 0 saturated heterocycles. The van der Waals surface area contributed by atoms with Gasteiger partial charge in [-0.1, -0.05) is 29.8 Å². The Kier molecular flexibility index (Phi) is 4.96. The van der Waals surface area contributed by atoms with Crippen molar-refractivity contribution in [1.82, 2.24) is 5.48 Å². The van der Waals surface area contributed by atoms with E-state index < -0.39 is 0 Å². The highest BCUT2D eigenvalue weighted by Crippen LogP contribution is 2.15. The van der Waals surface area contributed by atoms with Crippen molar-refractivity contribution in [2.75, 3.05) is 6.61 Å². The van der Waals surface area contributed by atoms with Crippen LogP contribution in [0.2, 0.25) is 0 Å². The lowest BCUT2D eigenvalue weighted by Gasteiger charge is -2.09. The van der Waals surface area contributed by atoms with Gasteiger partial charge in [0.1, 0.15) is 0 Å². The molecule has 0 spiro atoms. The molecule has 1 aromatic rings. The zero-order valence-electron chi connectivity index (χ0n) is 9.71. The number of rotatable bonds is 4. The molecule has 0 aromatic heterocycles. The highest BCUT2D eigenvalue weighted by atomic mass is 79.9. The van der Waals surface area contributed by atoms with E-state index in [1.54, 1.807) is 6.07 Å². The number of nitrogens with one attached hydrogen (secondary N) is 1. The lowest BCUT2D eigenvalue weighted by atomic mass is 10.1. The number of hydrogen-bond acceptors (Lipinski definition) is 2. The van der Waals surface area contributed by atoms with E-state index in [0.717, 1.165) is 10.0 Å². The van der Waals surface area contributed by atoms with Crippen LogP contribution >= 0.6 is 15.9 Å². The van der Waals surface area contributed by atoms with Crippen molar-refractivity contribution in [1.29, 1.82) is 0 Å². The van der Waals surface area contributed by atoms with Gasteiger partial charge in [0.2, 0.25) is 0 Å². The first-order valence-electron chi connectivity index (χ1n) is 5.19. The van der Waals surface area contributed by atoms with E-state index in [1.165, 1.54) is 0 Å². The second kappa shape index (κ2) is 6.01. The van der Waals surface area contributed by atoms with E-state index >= 15 is 0 Å². The Labute approximate surface area is 104 Å². The van der Waals surface area contributed by atoms with Gasteiger partial charge in [0.05, 0.1) is 6.61 Å². The molecule has 0 aliphatic rings. The summed E-state index contributed by atoms with van der Waals surface area (Å²) in [7, 11) is 0. The third kappa shape index (κ3) is 3.94. The van der Waals surface area contributed by atoms with Gasteiger partial charge in [0.15, 0.2) is 0 Å². The largest absolute Gasteiger partial charge is 0.275 e. The molecule has 0 atom stereocenters. The lowest BCUT2D eigenvalue weighted by molar-refractivity contribution is 0.0208. The molecule has 0 saturated carbocycles. The molecule has 0 heterocycles. The van der Waals surface area contributed by atoms with Crippen LogP contribution in [-0.4, -0.2) is 12.5 Å². The Morgan fingerprint density at radius 2 is 2.19 bits per heavy atom. The van der Waals surface area contributed by atoms with Crippen LogP contribution in [0, 0.1) is 12.8 Å². The van der Waals surface area contributed by atoms with Gasteiger partial charge in [0.25, 0.3) is 5.91 Å². The maximum atomic E-state index is 11.7. The maximum Gasteiger partial charge on any atom is 0.275 e. The van der Waals surface area contributed by atoms with Crippen molar-refractivity contribution >= 4 is 21.8 Å². The number of hydrogen-bond donors (Lipinski definition) is 1. The topological polar surface area (TPSA) is 38.3 Å². The van der Waals surface area contributed by atoms with Crippen LogP contribution in [0.4, 0.5) is 0 Å². The zero-order valence-corrected chi connectivity index (χ0v) is 11.3. The summed E-state index contributed by atoms with van der Waals surface area (Å²) in [6, 6.07) is 5.51. The standard InChI is InChI=1S/C12H16BrNO2/c1-8(2)7-16-14-12(15)11-5-4-10(13)6-9(11)3/h4-6,8H,7H2,1-3H3,(H,14,15). The van der Waals surface area contributed by atoms with E-state index in [1.807, 2.05) is 32.9 Å². The summed E-state index contributed by atoms with van der Waals surface area (Å²) in [4.78, 5) is 16.8. The number of benzene rings is 1. The minimum atomic E-state index is -0.203. The van der Waals surface area contributed by atoms with Gasteiger partial charge in [-0.25, -0.2) is 5.48 Å². The Morgan fingerprint density at radius 1 is 1.50 bits per heavy atom. The minimum absolute atomic E-state index is 0.203. The van der Waals surface area contributed by atoms with E-state index in [-0.39, 0.29) is 5.91 Å². The Morgan fingerprint density at radius 3 is 2.75 bits per heavy atom. The predicted octanol–water partition coefficient (Wildman–Crippen LogP) is 3.07. The van der Waals surface area contributed by atoms with Crippen molar-refractivity contribution < 1.29 is 9.63 Å². The molecule has 4 heteroatoms. The fourth-order valence-electron chi connectivity index (χ4n) is 1.21. The molecule has 0 radical (unpaired) electrons.